The van der Waals surface area contributed by atoms with E-state index in [1.807, 2.05) is 6.07 Å². The van der Waals surface area contributed by atoms with E-state index in [4.69, 9.17) is 9.39 Å². The van der Waals surface area contributed by atoms with Gasteiger partial charge in [-0.25, -0.2) is 0 Å². The molecule has 9 heteroatoms. The maximum Gasteiger partial charge on any atom is 0.537 e. The number of thioether (sulfide) groups is 1. The van der Waals surface area contributed by atoms with Crippen molar-refractivity contribution < 1.29 is 19.2 Å². The number of rotatable bonds is 4. The maximum absolute atomic E-state index is 11.2. The van der Waals surface area contributed by atoms with E-state index >= 15 is 0 Å². The van der Waals surface area contributed by atoms with E-state index in [2.05, 4.69) is 10.2 Å². The molecule has 21 heavy (non-hydrogen) atoms. The molecule has 2 aromatic rings. The fourth-order valence-electron chi connectivity index (χ4n) is 2.17. The van der Waals surface area contributed by atoms with Crippen LogP contribution in [-0.2, 0) is 6.42 Å². The van der Waals surface area contributed by atoms with Gasteiger partial charge in [0.15, 0.2) is 10.6 Å². The summed E-state index contributed by atoms with van der Waals surface area (Å²) in [4.78, 5) is 11.2. The Balaban J connectivity index is 1.89. The van der Waals surface area contributed by atoms with Gasteiger partial charge in [-0.2, -0.15) is 0 Å². The van der Waals surface area contributed by atoms with Crippen molar-refractivity contribution >= 4 is 36.5 Å². The zero-order valence-electron chi connectivity index (χ0n) is 11.1. The number of fused-ring (bicyclic) bond motifs is 1. The van der Waals surface area contributed by atoms with Gasteiger partial charge in [0.25, 0.3) is 0 Å². The minimum absolute atomic E-state index is 0.196. The van der Waals surface area contributed by atoms with Crippen LogP contribution in [-0.4, -0.2) is 40.9 Å². The van der Waals surface area contributed by atoms with Gasteiger partial charge in [-0.1, -0.05) is 29.2 Å². The zero-order chi connectivity index (χ0) is 14.8. The first-order valence-corrected chi connectivity index (χ1v) is 7.91. The van der Waals surface area contributed by atoms with E-state index in [-0.39, 0.29) is 5.15 Å². The van der Waals surface area contributed by atoms with Crippen molar-refractivity contribution in [1.82, 2.24) is 10.2 Å². The average molecular weight is 322 g/mol. The van der Waals surface area contributed by atoms with Crippen LogP contribution in [0.5, 0.6) is 11.5 Å². The SMILES string of the molecule is COc1ccc2c(c1C=O)OB(O)C(Sc1nncs1)C2. The number of hydrogen-bond donors (Lipinski definition) is 1. The summed E-state index contributed by atoms with van der Waals surface area (Å²) in [6.45, 7) is 0. The van der Waals surface area contributed by atoms with E-state index in [0.29, 0.717) is 29.8 Å². The van der Waals surface area contributed by atoms with Crippen LogP contribution >= 0.6 is 23.1 Å². The number of carbonyl (C=O) groups is 1. The van der Waals surface area contributed by atoms with Crippen molar-refractivity contribution in [3.8, 4) is 11.5 Å². The molecule has 3 rings (SSSR count). The monoisotopic (exact) mass is 322 g/mol. The van der Waals surface area contributed by atoms with Gasteiger partial charge in [0.2, 0.25) is 0 Å². The Kier molecular flexibility index (Phi) is 4.13. The summed E-state index contributed by atoms with van der Waals surface area (Å²) in [7, 11) is 0.472. The molecule has 0 aliphatic carbocycles. The Morgan fingerprint density at radius 1 is 1.62 bits per heavy atom. The molecule has 1 aromatic heterocycles. The molecule has 6 nitrogen and oxygen atoms in total. The third-order valence-electron chi connectivity index (χ3n) is 3.15. The zero-order valence-corrected chi connectivity index (χ0v) is 12.7. The van der Waals surface area contributed by atoms with Crippen LogP contribution < -0.4 is 9.39 Å². The predicted molar refractivity (Wildman–Crippen MR) is 80.2 cm³/mol. The highest BCUT2D eigenvalue weighted by molar-refractivity contribution is 8.02. The van der Waals surface area contributed by atoms with E-state index in [1.165, 1.54) is 30.2 Å². The van der Waals surface area contributed by atoms with E-state index in [1.54, 1.807) is 11.6 Å². The summed E-state index contributed by atoms with van der Waals surface area (Å²) in [5, 5.41) is 17.7. The number of ether oxygens (including phenoxy) is 1. The highest BCUT2D eigenvalue weighted by Gasteiger charge is 2.37. The summed E-state index contributed by atoms with van der Waals surface area (Å²) in [5.74, 6) is 0.831. The van der Waals surface area contributed by atoms with Crippen LogP contribution in [0.3, 0.4) is 0 Å². The second-order valence-electron chi connectivity index (χ2n) is 4.36. The molecule has 1 atom stereocenters. The predicted octanol–water partition coefficient (Wildman–Crippen LogP) is 1.47. The Hall–Kier alpha value is -1.58. The number of aromatic nitrogens is 2. The standard InChI is InChI=1S/C12H11BN2O4S2/c1-18-9-3-2-7-4-10(21-12-15-14-6-20-12)13(17)19-11(7)8(9)5-16/h2-3,5-6,10,17H,4H2,1H3. The summed E-state index contributed by atoms with van der Waals surface area (Å²) >= 11 is 2.83. The van der Waals surface area contributed by atoms with Crippen LogP contribution in [0.25, 0.3) is 0 Å². The molecule has 2 heterocycles. The lowest BCUT2D eigenvalue weighted by Crippen LogP contribution is -2.40. The van der Waals surface area contributed by atoms with Crippen molar-refractivity contribution in [3.05, 3.63) is 28.8 Å². The van der Waals surface area contributed by atoms with Crippen molar-refractivity contribution in [2.45, 2.75) is 15.9 Å². The van der Waals surface area contributed by atoms with Crippen LogP contribution in [0.2, 0.25) is 0 Å². The van der Waals surface area contributed by atoms with E-state index < -0.39 is 7.12 Å². The molecule has 1 aliphatic heterocycles. The Morgan fingerprint density at radius 2 is 2.48 bits per heavy atom. The number of benzene rings is 1. The third-order valence-corrected chi connectivity index (χ3v) is 5.19. The Labute approximate surface area is 129 Å². The minimum atomic E-state index is -1.02. The highest BCUT2D eigenvalue weighted by atomic mass is 32.2. The van der Waals surface area contributed by atoms with Gasteiger partial charge in [0.1, 0.15) is 17.0 Å². The number of hydrogen-bond acceptors (Lipinski definition) is 8. The number of carbonyl (C=O) groups excluding carboxylic acids is 1. The van der Waals surface area contributed by atoms with Crippen molar-refractivity contribution in [2.75, 3.05) is 7.11 Å². The second kappa shape index (κ2) is 6.04. The second-order valence-corrected chi connectivity index (χ2v) is 6.68. The molecule has 0 amide bonds. The first kappa shape index (κ1) is 14.4. The van der Waals surface area contributed by atoms with Gasteiger partial charge in [-0.15, -0.1) is 10.2 Å². The minimum Gasteiger partial charge on any atom is -0.535 e. The Morgan fingerprint density at radius 3 is 3.14 bits per heavy atom. The summed E-state index contributed by atoms with van der Waals surface area (Å²) in [5.41, 5.74) is 2.83. The van der Waals surface area contributed by atoms with Gasteiger partial charge < -0.3 is 14.4 Å². The molecule has 0 spiro atoms. The molecule has 0 saturated carbocycles. The van der Waals surface area contributed by atoms with Gasteiger partial charge in [-0.05, 0) is 18.1 Å². The smallest absolute Gasteiger partial charge is 0.535 e. The summed E-state index contributed by atoms with van der Waals surface area (Å²) in [6.07, 6.45) is 1.26. The fraction of sp³-hybridized carbons (Fsp3) is 0.250. The van der Waals surface area contributed by atoms with Gasteiger partial charge in [0.05, 0.1) is 17.8 Å². The number of methoxy groups -OCH3 is 1. The molecule has 0 radical (unpaired) electrons. The normalized spacial score (nSPS) is 17.0. The largest absolute Gasteiger partial charge is 0.537 e. The number of aldehydes is 1. The van der Waals surface area contributed by atoms with Gasteiger partial charge in [0, 0.05) is 0 Å². The first-order valence-electron chi connectivity index (χ1n) is 6.15. The molecule has 0 bridgehead atoms. The van der Waals surface area contributed by atoms with Crippen LogP contribution in [0.1, 0.15) is 15.9 Å². The average Bonchev–Trinajstić information content (AvgIpc) is 3.00. The molecule has 1 N–H and O–H groups in total. The summed E-state index contributed by atoms with van der Waals surface area (Å²) in [6, 6.07) is 3.58. The lowest BCUT2D eigenvalue weighted by molar-refractivity contribution is 0.111. The molecule has 1 aliphatic rings. The molecular formula is C12H11BN2O4S2. The quantitative estimate of drug-likeness (QED) is 0.674. The molecule has 1 unspecified atom stereocenters. The lowest BCUT2D eigenvalue weighted by Gasteiger charge is -2.27. The van der Waals surface area contributed by atoms with Crippen molar-refractivity contribution in [3.63, 3.8) is 0 Å². The molecule has 0 saturated heterocycles. The van der Waals surface area contributed by atoms with Crippen molar-refractivity contribution in [1.29, 1.82) is 0 Å². The first-order chi connectivity index (χ1) is 10.2. The van der Waals surface area contributed by atoms with E-state index in [0.717, 1.165) is 9.90 Å². The van der Waals surface area contributed by atoms with Crippen LogP contribution in [0, 0.1) is 0 Å². The molecule has 108 valence electrons. The summed E-state index contributed by atoms with van der Waals surface area (Å²) < 4.78 is 11.4. The maximum atomic E-state index is 11.2. The molecule has 0 fully saturated rings. The van der Waals surface area contributed by atoms with E-state index in [9.17, 15) is 9.82 Å². The fourth-order valence-corrected chi connectivity index (χ4v) is 3.96. The molecule has 1 aromatic carbocycles. The van der Waals surface area contributed by atoms with Gasteiger partial charge in [-0.3, -0.25) is 4.79 Å². The highest BCUT2D eigenvalue weighted by Crippen LogP contribution is 2.39. The molecular weight excluding hydrogens is 311 g/mol. The van der Waals surface area contributed by atoms with Crippen LogP contribution in [0.15, 0.2) is 22.0 Å². The number of nitrogens with zero attached hydrogens (tertiary/aromatic N) is 2. The topological polar surface area (TPSA) is 81.5 Å². The van der Waals surface area contributed by atoms with Crippen LogP contribution in [0.4, 0.5) is 0 Å². The Bertz CT molecular complexity index is 653. The third kappa shape index (κ3) is 2.76. The lowest BCUT2D eigenvalue weighted by atomic mass is 9.77. The van der Waals surface area contributed by atoms with Crippen molar-refractivity contribution in [2.24, 2.45) is 0 Å². The van der Waals surface area contributed by atoms with Gasteiger partial charge >= 0.3 is 7.12 Å².